The summed E-state index contributed by atoms with van der Waals surface area (Å²) in [6.45, 7) is -0.474. The molecule has 1 saturated heterocycles. The highest BCUT2D eigenvalue weighted by Crippen LogP contribution is 2.30. The van der Waals surface area contributed by atoms with Crippen molar-refractivity contribution in [3.05, 3.63) is 27.2 Å². The van der Waals surface area contributed by atoms with Crippen LogP contribution >= 0.6 is 0 Å². The fourth-order valence-corrected chi connectivity index (χ4v) is 2.25. The summed E-state index contributed by atoms with van der Waals surface area (Å²) < 4.78 is 6.54. The predicted molar refractivity (Wildman–Crippen MR) is 64.0 cm³/mol. The Bertz CT molecular complexity index is 748. The number of hydrogen-bond acceptors (Lipinski definition) is 7. The van der Waals surface area contributed by atoms with Gasteiger partial charge in [-0.2, -0.15) is 0 Å². The Kier molecular flexibility index (Phi) is 2.94. The SMILES string of the molecule is O=c1[nH]c(=O)c2ncn([C@@H]3O[C@H](CO)[C@H](O)C3O)c2[nH]1. The number of aliphatic hydroxyl groups excluding tert-OH is 3. The van der Waals surface area contributed by atoms with Crippen LogP contribution in [0.3, 0.4) is 0 Å². The fraction of sp³-hybridized carbons (Fsp3) is 0.500. The molecule has 10 heteroatoms. The molecule has 0 spiro atoms. The molecule has 1 aliphatic rings. The second-order valence-electron chi connectivity index (χ2n) is 4.49. The highest BCUT2D eigenvalue weighted by atomic mass is 16.6. The topological polar surface area (TPSA) is 153 Å². The third kappa shape index (κ3) is 1.78. The van der Waals surface area contributed by atoms with Crippen LogP contribution in [0.1, 0.15) is 6.23 Å². The van der Waals surface area contributed by atoms with E-state index in [1.165, 1.54) is 10.9 Å². The van der Waals surface area contributed by atoms with Crippen molar-refractivity contribution >= 4 is 11.2 Å². The van der Waals surface area contributed by atoms with Gasteiger partial charge in [0.15, 0.2) is 11.7 Å². The van der Waals surface area contributed by atoms with Gasteiger partial charge in [-0.3, -0.25) is 19.3 Å². The molecule has 2 aromatic rings. The normalized spacial score (nSPS) is 30.1. The molecular weight excluding hydrogens is 272 g/mol. The first kappa shape index (κ1) is 13.0. The molecule has 2 aromatic heterocycles. The van der Waals surface area contributed by atoms with Crippen molar-refractivity contribution in [3.8, 4) is 0 Å². The van der Waals surface area contributed by atoms with Crippen LogP contribution in [0.15, 0.2) is 15.9 Å². The van der Waals surface area contributed by atoms with Crippen molar-refractivity contribution in [1.29, 1.82) is 0 Å². The molecule has 5 N–H and O–H groups in total. The Morgan fingerprint density at radius 3 is 2.70 bits per heavy atom. The summed E-state index contributed by atoms with van der Waals surface area (Å²) in [5, 5.41) is 28.7. The minimum Gasteiger partial charge on any atom is -0.394 e. The number of nitrogens with one attached hydrogen (secondary N) is 2. The number of ether oxygens (including phenoxy) is 1. The minimum absolute atomic E-state index is 0.0256. The second kappa shape index (κ2) is 4.52. The van der Waals surface area contributed by atoms with Gasteiger partial charge in [0.2, 0.25) is 0 Å². The van der Waals surface area contributed by atoms with Crippen LogP contribution in [0.2, 0.25) is 0 Å². The van der Waals surface area contributed by atoms with Crippen LogP contribution in [0.4, 0.5) is 0 Å². The van der Waals surface area contributed by atoms with Crippen LogP contribution in [0, 0.1) is 0 Å². The number of aromatic amines is 2. The Morgan fingerprint density at radius 2 is 2.05 bits per heavy atom. The molecule has 10 nitrogen and oxygen atoms in total. The predicted octanol–water partition coefficient (Wildman–Crippen LogP) is -2.98. The molecule has 0 amide bonds. The summed E-state index contributed by atoms with van der Waals surface area (Å²) >= 11 is 0. The van der Waals surface area contributed by atoms with Crippen LogP contribution < -0.4 is 11.2 Å². The molecule has 20 heavy (non-hydrogen) atoms. The Morgan fingerprint density at radius 1 is 1.30 bits per heavy atom. The summed E-state index contributed by atoms with van der Waals surface area (Å²) in [5.74, 6) is 0. The van der Waals surface area contributed by atoms with Gasteiger partial charge in [-0.05, 0) is 0 Å². The zero-order valence-corrected chi connectivity index (χ0v) is 10.1. The molecule has 1 aliphatic heterocycles. The van der Waals surface area contributed by atoms with E-state index in [0.717, 1.165) is 0 Å². The summed E-state index contributed by atoms with van der Waals surface area (Å²) in [6.07, 6.45) is -3.43. The van der Waals surface area contributed by atoms with Crippen molar-refractivity contribution in [2.75, 3.05) is 6.61 Å². The summed E-state index contributed by atoms with van der Waals surface area (Å²) in [5.41, 5.74) is -1.36. The molecular formula is C10H12N4O6. The van der Waals surface area contributed by atoms with Crippen molar-refractivity contribution in [2.45, 2.75) is 24.5 Å². The largest absolute Gasteiger partial charge is 0.394 e. The Labute approximate surface area is 110 Å². The van der Waals surface area contributed by atoms with E-state index in [4.69, 9.17) is 9.84 Å². The average molecular weight is 284 g/mol. The van der Waals surface area contributed by atoms with Gasteiger partial charge in [0, 0.05) is 0 Å². The number of aromatic nitrogens is 4. The van der Waals surface area contributed by atoms with E-state index in [0.29, 0.717) is 0 Å². The third-order valence-electron chi connectivity index (χ3n) is 3.26. The smallest absolute Gasteiger partial charge is 0.327 e. The standard InChI is InChI=1S/C10H12N4O6/c15-1-3-5(16)6(17)9(20-3)14-2-11-4-7(14)12-10(19)13-8(4)18/h2-3,5-6,9,15-17H,1H2,(H2,12,13,18,19)/t3-,5+,6?,9-/m1/s1. The number of rotatable bonds is 2. The van der Waals surface area contributed by atoms with E-state index in [2.05, 4.69) is 9.97 Å². The summed E-state index contributed by atoms with van der Waals surface area (Å²) in [4.78, 5) is 31.1. The van der Waals surface area contributed by atoms with Gasteiger partial charge in [-0.15, -0.1) is 0 Å². The van der Waals surface area contributed by atoms with Gasteiger partial charge in [0.05, 0.1) is 12.9 Å². The van der Waals surface area contributed by atoms with Crippen LogP contribution in [0.25, 0.3) is 11.2 Å². The van der Waals surface area contributed by atoms with E-state index in [1.54, 1.807) is 0 Å². The molecule has 0 bridgehead atoms. The molecule has 108 valence electrons. The van der Waals surface area contributed by atoms with Gasteiger partial charge in [0.25, 0.3) is 5.56 Å². The van der Waals surface area contributed by atoms with Crippen LogP contribution in [0.5, 0.6) is 0 Å². The lowest BCUT2D eigenvalue weighted by Crippen LogP contribution is -2.33. The van der Waals surface area contributed by atoms with Gasteiger partial charge in [-0.1, -0.05) is 0 Å². The zero-order valence-electron chi connectivity index (χ0n) is 10.1. The van der Waals surface area contributed by atoms with Crippen LogP contribution in [-0.2, 0) is 4.74 Å². The lowest BCUT2D eigenvalue weighted by Gasteiger charge is -2.16. The molecule has 0 aromatic carbocycles. The average Bonchev–Trinajstić information content (AvgIpc) is 2.93. The molecule has 0 saturated carbocycles. The maximum atomic E-state index is 11.6. The quantitative estimate of drug-likeness (QED) is 0.394. The molecule has 0 radical (unpaired) electrons. The lowest BCUT2D eigenvalue weighted by molar-refractivity contribution is -0.0511. The van der Waals surface area contributed by atoms with Crippen LogP contribution in [-0.4, -0.2) is 59.8 Å². The summed E-state index contributed by atoms with van der Waals surface area (Å²) in [7, 11) is 0. The Hall–Kier alpha value is -2.01. The van der Waals surface area contributed by atoms with Gasteiger partial charge < -0.3 is 20.1 Å². The molecule has 1 unspecified atom stereocenters. The molecule has 3 rings (SSSR count). The first-order chi connectivity index (χ1) is 9.52. The van der Waals surface area contributed by atoms with E-state index < -0.39 is 42.4 Å². The second-order valence-corrected chi connectivity index (χ2v) is 4.49. The molecule has 1 fully saturated rings. The molecule has 3 heterocycles. The number of fused-ring (bicyclic) bond motifs is 1. The van der Waals surface area contributed by atoms with E-state index in [1.807, 2.05) is 4.98 Å². The van der Waals surface area contributed by atoms with Gasteiger partial charge >= 0.3 is 5.69 Å². The highest BCUT2D eigenvalue weighted by molar-refractivity contribution is 5.68. The van der Waals surface area contributed by atoms with E-state index in [9.17, 15) is 19.8 Å². The maximum absolute atomic E-state index is 11.6. The molecule has 4 atom stereocenters. The number of nitrogens with zero attached hydrogens (tertiary/aromatic N) is 2. The minimum atomic E-state index is -1.33. The van der Waals surface area contributed by atoms with Crippen molar-refractivity contribution in [3.63, 3.8) is 0 Å². The Balaban J connectivity index is 2.12. The van der Waals surface area contributed by atoms with Crippen molar-refractivity contribution in [2.24, 2.45) is 0 Å². The van der Waals surface area contributed by atoms with E-state index >= 15 is 0 Å². The highest BCUT2D eigenvalue weighted by Gasteiger charge is 2.43. The van der Waals surface area contributed by atoms with Gasteiger partial charge in [0.1, 0.15) is 24.0 Å². The zero-order chi connectivity index (χ0) is 14.4. The van der Waals surface area contributed by atoms with Crippen molar-refractivity contribution < 1.29 is 20.1 Å². The number of H-pyrrole nitrogens is 2. The lowest BCUT2D eigenvalue weighted by atomic mass is 10.1. The monoisotopic (exact) mass is 284 g/mol. The molecule has 0 aliphatic carbocycles. The fourth-order valence-electron chi connectivity index (χ4n) is 2.25. The first-order valence-electron chi connectivity index (χ1n) is 5.84. The first-order valence-corrected chi connectivity index (χ1v) is 5.84. The number of aliphatic hydroxyl groups is 3. The number of hydrogen-bond donors (Lipinski definition) is 5. The number of imidazole rings is 1. The third-order valence-corrected chi connectivity index (χ3v) is 3.26. The maximum Gasteiger partial charge on any atom is 0.327 e. The summed E-state index contributed by atoms with van der Waals surface area (Å²) in [6, 6.07) is 0. The van der Waals surface area contributed by atoms with Gasteiger partial charge in [-0.25, -0.2) is 9.78 Å². The van der Waals surface area contributed by atoms with Crippen molar-refractivity contribution in [1.82, 2.24) is 19.5 Å². The van der Waals surface area contributed by atoms with E-state index in [-0.39, 0.29) is 11.2 Å².